The van der Waals surface area contributed by atoms with Gasteiger partial charge in [-0.15, -0.1) is 0 Å². The van der Waals surface area contributed by atoms with E-state index in [4.69, 9.17) is 9.97 Å². The molecule has 0 bridgehead atoms. The number of para-hydroxylation sites is 4. The number of hydrogen-bond donors (Lipinski definition) is 4. The third-order valence-electron chi connectivity index (χ3n) is 10.2. The first-order valence-corrected chi connectivity index (χ1v) is 18.6. The molecule has 292 valence electrons. The molecule has 4 heterocycles. The molecule has 8 aromatic rings. The molecule has 56 heavy (non-hydrogen) atoms. The van der Waals surface area contributed by atoms with Crippen LogP contribution in [0, 0.1) is 0 Å². The predicted molar refractivity (Wildman–Crippen MR) is 216 cm³/mol. The largest absolute Gasteiger partial charge is 0.506 e. The van der Waals surface area contributed by atoms with Crippen molar-refractivity contribution >= 4 is 43.6 Å². The molecule has 0 radical (unpaired) electrons. The smallest absolute Gasteiger partial charge is 0.141 e. The molecule has 0 aliphatic carbocycles. The summed E-state index contributed by atoms with van der Waals surface area (Å²) in [6, 6.07) is 37.7. The summed E-state index contributed by atoms with van der Waals surface area (Å²) in [6.45, 7) is 4.40. The Hall–Kier alpha value is -5.29. The number of aromatic hydroxyl groups is 4. The van der Waals surface area contributed by atoms with Gasteiger partial charge in [0.2, 0.25) is 0 Å². The van der Waals surface area contributed by atoms with E-state index in [2.05, 4.69) is 35.9 Å². The monoisotopic (exact) mass is 832 g/mol. The van der Waals surface area contributed by atoms with Crippen molar-refractivity contribution in [2.24, 2.45) is 0 Å². The molecular weight excluding hydrogens is 790 g/mol. The van der Waals surface area contributed by atoms with Gasteiger partial charge >= 0.3 is 0 Å². The molecule has 0 aliphatic heterocycles. The Morgan fingerprint density at radius 1 is 0.411 bits per heavy atom. The van der Waals surface area contributed by atoms with Crippen molar-refractivity contribution in [3.05, 3.63) is 144 Å². The maximum atomic E-state index is 10.5. The molecule has 10 heteroatoms. The molecule has 4 N–H and O–H groups in total. The third kappa shape index (κ3) is 8.73. The predicted octanol–water partition coefficient (Wildman–Crippen LogP) is 10.6. The number of rotatable bonds is 10. The van der Waals surface area contributed by atoms with Gasteiger partial charge in [-0.25, -0.2) is 19.9 Å². The first kappa shape index (κ1) is 41.9. The van der Waals surface area contributed by atoms with Gasteiger partial charge in [-0.1, -0.05) is 112 Å². The molecule has 0 saturated carbocycles. The standard InChI is InChI=1S/C27H30N2O2.C19H14N2O2.2Ni/c1-3-5-17-27(18-6-4-2,23-15-13-19-9-7-11-21(30)25(19)28-23)24-16-14-20-10-8-12-22(31)26(20)29-24;22-16-5-1-3-12-7-9-14(20-18(12)16)11-15-10-8-13-4-2-6-17(23)19(13)21-15;;/h7-16,30-31H,3-6,17-18H2,1-2H3;1-10,22-23H,11H2;;. The van der Waals surface area contributed by atoms with Crippen molar-refractivity contribution in [3.8, 4) is 23.0 Å². The van der Waals surface area contributed by atoms with Gasteiger partial charge in [0.15, 0.2) is 0 Å². The summed E-state index contributed by atoms with van der Waals surface area (Å²) in [5.74, 6) is 0.744. The molecule has 0 spiro atoms. The number of unbranched alkanes of at least 4 members (excludes halogenated alkanes) is 2. The number of fused-ring (bicyclic) bond motifs is 4. The van der Waals surface area contributed by atoms with E-state index in [1.54, 1.807) is 36.4 Å². The van der Waals surface area contributed by atoms with Crippen LogP contribution in [0.15, 0.2) is 121 Å². The van der Waals surface area contributed by atoms with Crippen LogP contribution in [0.5, 0.6) is 23.0 Å². The Morgan fingerprint density at radius 3 is 1.07 bits per heavy atom. The zero-order chi connectivity index (χ0) is 37.7. The van der Waals surface area contributed by atoms with Crippen molar-refractivity contribution in [2.45, 2.75) is 64.2 Å². The Labute approximate surface area is 346 Å². The summed E-state index contributed by atoms with van der Waals surface area (Å²) in [7, 11) is 0. The Balaban J connectivity index is 0.000000215. The number of phenols is 4. The van der Waals surface area contributed by atoms with Crippen LogP contribution >= 0.6 is 0 Å². The maximum Gasteiger partial charge on any atom is 0.141 e. The number of hydrogen-bond acceptors (Lipinski definition) is 8. The Kier molecular flexibility index (Phi) is 13.9. The normalized spacial score (nSPS) is 11.2. The molecule has 0 aliphatic rings. The van der Waals surface area contributed by atoms with E-state index in [0.717, 1.165) is 82.8 Å². The zero-order valence-electron chi connectivity index (χ0n) is 31.2. The number of nitrogens with zero attached hydrogens (tertiary/aromatic N) is 4. The van der Waals surface area contributed by atoms with Gasteiger partial charge in [0.1, 0.15) is 45.1 Å². The van der Waals surface area contributed by atoms with Crippen LogP contribution in [0.4, 0.5) is 0 Å². The van der Waals surface area contributed by atoms with Crippen LogP contribution in [-0.2, 0) is 44.8 Å². The third-order valence-corrected chi connectivity index (χ3v) is 10.2. The van der Waals surface area contributed by atoms with E-state index in [9.17, 15) is 20.4 Å². The van der Waals surface area contributed by atoms with Crippen LogP contribution in [-0.4, -0.2) is 40.4 Å². The van der Waals surface area contributed by atoms with Gasteiger partial charge < -0.3 is 20.4 Å². The van der Waals surface area contributed by atoms with Crippen molar-refractivity contribution in [3.63, 3.8) is 0 Å². The fourth-order valence-electron chi connectivity index (χ4n) is 7.25. The van der Waals surface area contributed by atoms with Gasteiger partial charge in [-0.2, -0.15) is 0 Å². The van der Waals surface area contributed by atoms with Crippen LogP contribution in [0.2, 0.25) is 0 Å². The minimum Gasteiger partial charge on any atom is -0.506 e. The van der Waals surface area contributed by atoms with E-state index >= 15 is 0 Å². The summed E-state index contributed by atoms with van der Waals surface area (Å²) >= 11 is 0. The van der Waals surface area contributed by atoms with E-state index in [-0.39, 0.29) is 61.4 Å². The van der Waals surface area contributed by atoms with Gasteiger partial charge in [0.25, 0.3) is 0 Å². The Morgan fingerprint density at radius 2 is 0.732 bits per heavy atom. The second-order valence-electron chi connectivity index (χ2n) is 13.9. The first-order valence-electron chi connectivity index (χ1n) is 18.6. The van der Waals surface area contributed by atoms with Crippen molar-refractivity contribution < 1.29 is 53.4 Å². The van der Waals surface area contributed by atoms with Crippen molar-refractivity contribution in [2.75, 3.05) is 0 Å². The quantitative estimate of drug-likeness (QED) is 0.100. The molecule has 4 aromatic carbocycles. The molecule has 0 amide bonds. The minimum absolute atomic E-state index is 0. The summed E-state index contributed by atoms with van der Waals surface area (Å²) in [5, 5.41) is 44.4. The maximum absolute atomic E-state index is 10.5. The van der Waals surface area contributed by atoms with Gasteiger partial charge in [0, 0.05) is 72.3 Å². The molecular formula is C46H44N4Ni2O4. The zero-order valence-corrected chi connectivity index (χ0v) is 33.2. The van der Waals surface area contributed by atoms with Gasteiger partial charge in [-0.05, 0) is 61.4 Å². The van der Waals surface area contributed by atoms with E-state index in [1.807, 2.05) is 72.8 Å². The molecule has 8 rings (SSSR count). The summed E-state index contributed by atoms with van der Waals surface area (Å²) in [6.07, 6.45) is 6.62. The molecule has 0 saturated heterocycles. The van der Waals surface area contributed by atoms with E-state index in [0.29, 0.717) is 28.5 Å². The first-order chi connectivity index (χ1) is 26.3. The minimum atomic E-state index is -0.376. The van der Waals surface area contributed by atoms with Gasteiger partial charge in [-0.3, -0.25) is 0 Å². The number of aromatic nitrogens is 4. The fourth-order valence-corrected chi connectivity index (χ4v) is 7.25. The molecule has 4 aromatic heterocycles. The fraction of sp³-hybridized carbons (Fsp3) is 0.217. The second kappa shape index (κ2) is 18.6. The Bertz CT molecular complexity index is 2420. The number of phenolic OH excluding ortho intramolecular Hbond substituents is 4. The van der Waals surface area contributed by atoms with E-state index < -0.39 is 0 Å². The number of pyridine rings is 4. The van der Waals surface area contributed by atoms with Crippen LogP contribution < -0.4 is 0 Å². The van der Waals surface area contributed by atoms with Crippen molar-refractivity contribution in [1.29, 1.82) is 0 Å². The van der Waals surface area contributed by atoms with Gasteiger partial charge in [0.05, 0.1) is 16.8 Å². The summed E-state index contributed by atoms with van der Waals surface area (Å²) in [4.78, 5) is 19.0. The molecule has 8 nitrogen and oxygen atoms in total. The molecule has 0 fully saturated rings. The average Bonchev–Trinajstić information content (AvgIpc) is 3.19. The van der Waals surface area contributed by atoms with Crippen molar-refractivity contribution in [1.82, 2.24) is 19.9 Å². The van der Waals surface area contributed by atoms with E-state index in [1.165, 1.54) is 0 Å². The summed E-state index contributed by atoms with van der Waals surface area (Å²) < 4.78 is 0. The molecule has 0 unspecified atom stereocenters. The average molecular weight is 834 g/mol. The second-order valence-corrected chi connectivity index (χ2v) is 13.9. The molecule has 0 atom stereocenters. The SMILES string of the molecule is CCCCC(CCCC)(c1ccc2cccc(O)c2n1)c1ccc2cccc(O)c2n1.Oc1cccc2ccc(Cc3ccc4cccc(O)c4n3)nc12.[Ni].[Ni]. The number of benzene rings is 4. The summed E-state index contributed by atoms with van der Waals surface area (Å²) in [5.41, 5.74) is 5.57. The topological polar surface area (TPSA) is 132 Å². The van der Waals surface area contributed by atoms with Crippen LogP contribution in [0.1, 0.15) is 75.1 Å². The van der Waals surface area contributed by atoms with Crippen LogP contribution in [0.25, 0.3) is 43.6 Å². The van der Waals surface area contributed by atoms with Crippen LogP contribution in [0.3, 0.4) is 0 Å².